The van der Waals surface area contributed by atoms with Crippen LogP contribution in [0.25, 0.3) is 0 Å². The van der Waals surface area contributed by atoms with E-state index in [0.717, 1.165) is 0 Å². The third-order valence-electron chi connectivity index (χ3n) is 2.65. The summed E-state index contributed by atoms with van der Waals surface area (Å²) in [6, 6.07) is 0. The molecular formula is C10H26O5Si5. The summed E-state index contributed by atoms with van der Waals surface area (Å²) < 4.78 is 30.6. The lowest BCUT2D eigenvalue weighted by molar-refractivity contribution is 0.261. The standard InChI is InChI=1S/C10H26O5Si5/c1-9-20(10-2)12-16-11-17(3,4)13-18(5,6)14-19(7,8)15-20/h9-10H,1-2,16H2,3-8H3. The van der Waals surface area contributed by atoms with E-state index in [2.05, 4.69) is 13.2 Å². The summed E-state index contributed by atoms with van der Waals surface area (Å²) in [5, 5.41) is 0. The van der Waals surface area contributed by atoms with Crippen molar-refractivity contribution in [2.24, 2.45) is 0 Å². The first-order valence-electron chi connectivity index (χ1n) is 6.60. The Hall–Kier alpha value is 0.364. The van der Waals surface area contributed by atoms with Crippen LogP contribution in [0.2, 0.25) is 39.3 Å². The fraction of sp³-hybridized carbons (Fsp3) is 0.600. The first-order chi connectivity index (χ1) is 8.95. The highest BCUT2D eigenvalue weighted by Gasteiger charge is 2.47. The maximum absolute atomic E-state index is 6.26. The van der Waals surface area contributed by atoms with Gasteiger partial charge in [0.2, 0.25) is 0 Å². The molecule has 116 valence electrons. The minimum absolute atomic E-state index is 1.19. The van der Waals surface area contributed by atoms with Crippen molar-refractivity contribution < 1.29 is 20.6 Å². The molecule has 0 aromatic heterocycles. The minimum Gasteiger partial charge on any atom is -0.420 e. The normalized spacial score (nSPS) is 29.5. The van der Waals surface area contributed by atoms with Gasteiger partial charge in [0, 0.05) is 0 Å². The van der Waals surface area contributed by atoms with Crippen LogP contribution < -0.4 is 0 Å². The first-order valence-corrected chi connectivity index (χ1v) is 18.2. The molecule has 0 saturated carbocycles. The molecule has 20 heavy (non-hydrogen) atoms. The lowest BCUT2D eigenvalue weighted by Crippen LogP contribution is -2.60. The molecule has 0 unspecified atom stereocenters. The topological polar surface area (TPSA) is 46.2 Å². The Balaban J connectivity index is 3.10. The molecule has 1 fully saturated rings. The van der Waals surface area contributed by atoms with Gasteiger partial charge in [0.05, 0.1) is 0 Å². The molecule has 0 aromatic rings. The smallest absolute Gasteiger partial charge is 0.373 e. The second-order valence-corrected chi connectivity index (χ2v) is 21.7. The SMILES string of the molecule is C=C[Si]1(C=C)O[SiH2]O[Si](C)(C)O[Si](C)(C)O[Si](C)(C)O1. The molecule has 1 aliphatic rings. The van der Waals surface area contributed by atoms with Crippen LogP contribution >= 0.6 is 0 Å². The molecule has 1 rings (SSSR count). The highest BCUT2D eigenvalue weighted by Crippen LogP contribution is 2.26. The summed E-state index contributed by atoms with van der Waals surface area (Å²) in [5.74, 6) is 0. The molecule has 0 radical (unpaired) electrons. The number of rotatable bonds is 2. The van der Waals surface area contributed by atoms with Crippen LogP contribution in [0.1, 0.15) is 0 Å². The second kappa shape index (κ2) is 6.23. The monoisotopic (exact) mass is 366 g/mol. The van der Waals surface area contributed by atoms with E-state index in [1.165, 1.54) is 0 Å². The Morgan fingerprint density at radius 2 is 1.15 bits per heavy atom. The summed E-state index contributed by atoms with van der Waals surface area (Å²) in [6.45, 7) is 19.9. The Labute approximate surface area is 129 Å². The maximum atomic E-state index is 6.26. The predicted molar refractivity (Wildman–Crippen MR) is 92.6 cm³/mol. The van der Waals surface area contributed by atoms with E-state index in [1.807, 2.05) is 39.3 Å². The molecule has 1 aliphatic heterocycles. The Morgan fingerprint density at radius 3 is 1.65 bits per heavy atom. The Bertz CT molecular complexity index is 376. The van der Waals surface area contributed by atoms with Gasteiger partial charge in [0.25, 0.3) is 10.0 Å². The average molecular weight is 367 g/mol. The van der Waals surface area contributed by atoms with Crippen LogP contribution in [0.3, 0.4) is 0 Å². The molecule has 5 nitrogen and oxygen atoms in total. The van der Waals surface area contributed by atoms with E-state index in [4.69, 9.17) is 20.6 Å². The van der Waals surface area contributed by atoms with Crippen molar-refractivity contribution in [1.29, 1.82) is 0 Å². The van der Waals surface area contributed by atoms with E-state index in [9.17, 15) is 0 Å². The van der Waals surface area contributed by atoms with Gasteiger partial charge in [-0.2, -0.15) is 0 Å². The van der Waals surface area contributed by atoms with Gasteiger partial charge in [0.1, 0.15) is 0 Å². The van der Waals surface area contributed by atoms with Gasteiger partial charge in [0.15, 0.2) is 0 Å². The molecule has 1 saturated heterocycles. The van der Waals surface area contributed by atoms with Crippen LogP contribution in [-0.4, -0.2) is 44.3 Å². The van der Waals surface area contributed by atoms with Gasteiger partial charge in [-0.25, -0.2) is 0 Å². The van der Waals surface area contributed by atoms with Crippen molar-refractivity contribution in [2.75, 3.05) is 0 Å². The van der Waals surface area contributed by atoms with Crippen LogP contribution in [0, 0.1) is 0 Å². The van der Waals surface area contributed by atoms with E-state index >= 15 is 0 Å². The molecular weight excluding hydrogens is 341 g/mol. The summed E-state index contributed by atoms with van der Waals surface area (Å²) in [5.41, 5.74) is 3.50. The predicted octanol–water partition coefficient (Wildman–Crippen LogP) is 2.08. The summed E-state index contributed by atoms with van der Waals surface area (Å²) >= 11 is 0. The molecule has 0 amide bonds. The fourth-order valence-electron chi connectivity index (χ4n) is 2.22. The molecule has 0 aliphatic carbocycles. The molecule has 10 heteroatoms. The molecule has 0 atom stereocenters. The van der Waals surface area contributed by atoms with E-state index in [1.54, 1.807) is 11.4 Å². The fourth-order valence-corrected chi connectivity index (χ4v) is 21.8. The summed E-state index contributed by atoms with van der Waals surface area (Å²) in [4.78, 5) is 0. The second-order valence-electron chi connectivity index (χ2n) is 6.04. The van der Waals surface area contributed by atoms with Crippen molar-refractivity contribution in [1.82, 2.24) is 0 Å². The summed E-state index contributed by atoms with van der Waals surface area (Å²) in [7, 11) is -10.7. The van der Waals surface area contributed by atoms with Gasteiger partial charge in [-0.15, -0.1) is 13.2 Å². The van der Waals surface area contributed by atoms with Crippen molar-refractivity contribution in [3.63, 3.8) is 0 Å². The zero-order valence-corrected chi connectivity index (χ0v) is 18.7. The van der Waals surface area contributed by atoms with Gasteiger partial charge in [-0.3, -0.25) is 0 Å². The molecule has 0 aromatic carbocycles. The zero-order valence-electron chi connectivity index (χ0n) is 13.3. The van der Waals surface area contributed by atoms with Crippen molar-refractivity contribution in [3.8, 4) is 0 Å². The molecule has 0 bridgehead atoms. The number of hydrogen-bond donors (Lipinski definition) is 0. The van der Waals surface area contributed by atoms with E-state index in [-0.39, 0.29) is 0 Å². The van der Waals surface area contributed by atoms with Crippen LogP contribution in [-0.2, 0) is 20.6 Å². The molecule has 1 heterocycles. The third kappa shape index (κ3) is 5.29. The van der Waals surface area contributed by atoms with Crippen LogP contribution in [0.15, 0.2) is 24.6 Å². The zero-order chi connectivity index (χ0) is 15.7. The highest BCUT2D eigenvalue weighted by atomic mass is 28.5. The summed E-state index contributed by atoms with van der Waals surface area (Å²) in [6.07, 6.45) is 0. The largest absolute Gasteiger partial charge is 0.420 e. The van der Waals surface area contributed by atoms with Crippen LogP contribution in [0.5, 0.6) is 0 Å². The molecule has 0 N–H and O–H groups in total. The van der Waals surface area contributed by atoms with Gasteiger partial charge in [-0.05, 0) is 50.7 Å². The van der Waals surface area contributed by atoms with Crippen LogP contribution in [0.4, 0.5) is 0 Å². The molecule has 0 spiro atoms. The van der Waals surface area contributed by atoms with Gasteiger partial charge < -0.3 is 20.6 Å². The average Bonchev–Trinajstić information content (AvgIpc) is 2.22. The Morgan fingerprint density at radius 1 is 0.700 bits per heavy atom. The van der Waals surface area contributed by atoms with E-state index in [0.29, 0.717) is 0 Å². The Kier molecular flexibility index (Phi) is 5.74. The maximum Gasteiger partial charge on any atom is 0.373 e. The first kappa shape index (κ1) is 18.4. The van der Waals surface area contributed by atoms with E-state index < -0.39 is 44.3 Å². The number of hydrogen-bond acceptors (Lipinski definition) is 5. The van der Waals surface area contributed by atoms with Gasteiger partial charge in [-0.1, -0.05) is 0 Å². The lowest BCUT2D eigenvalue weighted by Gasteiger charge is -2.42. The highest BCUT2D eigenvalue weighted by molar-refractivity contribution is 6.92. The van der Waals surface area contributed by atoms with Gasteiger partial charge >= 0.3 is 34.2 Å². The minimum atomic E-state index is -2.64. The quantitative estimate of drug-likeness (QED) is 0.700. The van der Waals surface area contributed by atoms with Crippen molar-refractivity contribution >= 4 is 44.3 Å². The van der Waals surface area contributed by atoms with Crippen molar-refractivity contribution in [3.05, 3.63) is 24.6 Å². The van der Waals surface area contributed by atoms with Crippen molar-refractivity contribution in [2.45, 2.75) is 39.3 Å². The third-order valence-corrected chi connectivity index (χ3v) is 20.4. The lowest BCUT2D eigenvalue weighted by atomic mass is 11.2.